The largest absolute Gasteiger partial charge is 0.416 e. The molecule has 1 N–H and O–H groups in total. The van der Waals surface area contributed by atoms with E-state index in [0.717, 1.165) is 29.7 Å². The Morgan fingerprint density at radius 1 is 1.21 bits per heavy atom. The molecule has 29 heavy (non-hydrogen) atoms. The first-order valence-corrected chi connectivity index (χ1v) is 9.63. The minimum absolute atomic E-state index is 0.0249. The first-order valence-electron chi connectivity index (χ1n) is 8.87. The van der Waals surface area contributed by atoms with Crippen molar-refractivity contribution in [1.29, 1.82) is 0 Å². The molecule has 0 amide bonds. The van der Waals surface area contributed by atoms with Gasteiger partial charge in [0.25, 0.3) is 0 Å². The summed E-state index contributed by atoms with van der Waals surface area (Å²) >= 11 is 12.2. The summed E-state index contributed by atoms with van der Waals surface area (Å²) in [7, 11) is 0. The standard InChI is InChI=1S/C18H21Cl2F3N4O2/c1-5-6-7-24-16-14(27(28)29)15(17(2,3)4)25-26(16)13-11(19)8-10(9-12(13)20)18(21,22)23/h8-9,24H,5-7H2,1-4H3. The molecule has 0 unspecified atom stereocenters. The number of hydrogen-bond donors (Lipinski definition) is 1. The Kier molecular flexibility index (Phi) is 6.74. The molecular weight excluding hydrogens is 432 g/mol. The number of hydrogen-bond acceptors (Lipinski definition) is 4. The van der Waals surface area contributed by atoms with Crippen molar-refractivity contribution in [1.82, 2.24) is 9.78 Å². The van der Waals surface area contributed by atoms with Crippen LogP contribution in [0.1, 0.15) is 51.8 Å². The summed E-state index contributed by atoms with van der Waals surface area (Å²) in [4.78, 5) is 11.3. The molecule has 6 nitrogen and oxygen atoms in total. The molecule has 2 rings (SSSR count). The van der Waals surface area contributed by atoms with Crippen molar-refractivity contribution in [2.24, 2.45) is 0 Å². The predicted octanol–water partition coefficient (Wildman–Crippen LogP) is 6.62. The van der Waals surface area contributed by atoms with Gasteiger partial charge in [-0.3, -0.25) is 10.1 Å². The summed E-state index contributed by atoms with van der Waals surface area (Å²) in [6.45, 7) is 7.61. The minimum atomic E-state index is -4.64. The van der Waals surface area contributed by atoms with Crippen molar-refractivity contribution < 1.29 is 18.1 Å². The summed E-state index contributed by atoms with van der Waals surface area (Å²) in [5, 5.41) is 18.5. The molecule has 0 bridgehead atoms. The first-order chi connectivity index (χ1) is 13.3. The fourth-order valence-corrected chi connectivity index (χ4v) is 3.37. The molecule has 11 heteroatoms. The van der Waals surface area contributed by atoms with Crippen LogP contribution in [-0.2, 0) is 11.6 Å². The van der Waals surface area contributed by atoms with Crippen molar-refractivity contribution in [2.45, 2.75) is 52.1 Å². The average molecular weight is 453 g/mol. The summed E-state index contributed by atoms with van der Waals surface area (Å²) in [5.41, 5.74) is -1.89. The summed E-state index contributed by atoms with van der Waals surface area (Å²) in [6, 6.07) is 1.45. The Hall–Kier alpha value is -2.00. The molecule has 0 fully saturated rings. The average Bonchev–Trinajstić information content (AvgIpc) is 2.93. The number of unbranched alkanes of at least 4 members (excludes halogenated alkanes) is 1. The topological polar surface area (TPSA) is 73.0 Å². The lowest BCUT2D eigenvalue weighted by Gasteiger charge is -2.15. The zero-order chi connectivity index (χ0) is 22.1. The number of halogens is 5. The van der Waals surface area contributed by atoms with Crippen LogP contribution in [0.2, 0.25) is 10.0 Å². The summed E-state index contributed by atoms with van der Waals surface area (Å²) in [6.07, 6.45) is -3.08. The van der Waals surface area contributed by atoms with Gasteiger partial charge in [-0.25, -0.2) is 4.68 Å². The summed E-state index contributed by atoms with van der Waals surface area (Å²) in [5.74, 6) is 0.0249. The number of benzene rings is 1. The Bertz CT molecular complexity index is 898. The molecular formula is C18H21Cl2F3N4O2. The van der Waals surface area contributed by atoms with Gasteiger partial charge >= 0.3 is 11.9 Å². The quantitative estimate of drug-likeness (QED) is 0.303. The Morgan fingerprint density at radius 2 is 1.76 bits per heavy atom. The zero-order valence-electron chi connectivity index (χ0n) is 16.3. The second kappa shape index (κ2) is 8.39. The van der Waals surface area contributed by atoms with E-state index in [1.54, 1.807) is 20.8 Å². The van der Waals surface area contributed by atoms with Gasteiger partial charge in [0, 0.05) is 12.0 Å². The van der Waals surface area contributed by atoms with Crippen LogP contribution < -0.4 is 5.32 Å². The Morgan fingerprint density at radius 3 is 2.17 bits per heavy atom. The van der Waals surface area contributed by atoms with Gasteiger partial charge in [-0.2, -0.15) is 18.3 Å². The highest BCUT2D eigenvalue weighted by Gasteiger charge is 2.37. The van der Waals surface area contributed by atoms with E-state index in [9.17, 15) is 23.3 Å². The van der Waals surface area contributed by atoms with E-state index >= 15 is 0 Å². The van der Waals surface area contributed by atoms with E-state index in [-0.39, 0.29) is 32.9 Å². The highest BCUT2D eigenvalue weighted by Crippen LogP contribution is 2.42. The fourth-order valence-electron chi connectivity index (χ4n) is 2.72. The third-order valence-electron chi connectivity index (χ3n) is 4.13. The maximum absolute atomic E-state index is 13.1. The lowest BCUT2D eigenvalue weighted by molar-refractivity contribution is -0.385. The second-order valence-corrected chi connectivity index (χ2v) is 8.35. The number of nitrogens with zero attached hydrogens (tertiary/aromatic N) is 3. The number of nitro groups is 1. The van der Waals surface area contributed by atoms with E-state index in [2.05, 4.69) is 10.4 Å². The molecule has 2 aromatic rings. The van der Waals surface area contributed by atoms with Gasteiger partial charge in [0.2, 0.25) is 5.82 Å². The van der Waals surface area contributed by atoms with Crippen LogP contribution in [0.15, 0.2) is 12.1 Å². The maximum Gasteiger partial charge on any atom is 0.416 e. The van der Waals surface area contributed by atoms with Gasteiger partial charge < -0.3 is 5.32 Å². The SMILES string of the molecule is CCCCNc1c([N+](=O)[O-])c(C(C)(C)C)nn1-c1c(Cl)cc(C(F)(F)F)cc1Cl. The van der Waals surface area contributed by atoms with E-state index in [1.807, 2.05) is 6.92 Å². The zero-order valence-corrected chi connectivity index (χ0v) is 17.8. The molecule has 0 aliphatic rings. The monoisotopic (exact) mass is 452 g/mol. The lowest BCUT2D eigenvalue weighted by Crippen LogP contribution is -2.14. The lowest BCUT2D eigenvalue weighted by atomic mass is 9.91. The molecule has 160 valence electrons. The van der Waals surface area contributed by atoms with Crippen molar-refractivity contribution in [3.05, 3.63) is 43.5 Å². The molecule has 0 atom stereocenters. The molecule has 0 radical (unpaired) electrons. The number of aromatic nitrogens is 2. The van der Waals surface area contributed by atoms with Crippen LogP contribution >= 0.6 is 23.2 Å². The molecule has 1 heterocycles. The maximum atomic E-state index is 13.1. The van der Waals surface area contributed by atoms with Crippen molar-refractivity contribution in [3.63, 3.8) is 0 Å². The predicted molar refractivity (Wildman–Crippen MR) is 107 cm³/mol. The van der Waals surface area contributed by atoms with Crippen LogP contribution in [0.3, 0.4) is 0 Å². The van der Waals surface area contributed by atoms with E-state index in [4.69, 9.17) is 23.2 Å². The third-order valence-corrected chi connectivity index (χ3v) is 4.71. The molecule has 0 aliphatic heterocycles. The summed E-state index contributed by atoms with van der Waals surface area (Å²) < 4.78 is 40.3. The third kappa shape index (κ3) is 4.95. The van der Waals surface area contributed by atoms with E-state index in [0.29, 0.717) is 6.54 Å². The first kappa shape index (κ1) is 23.3. The molecule has 0 saturated heterocycles. The van der Waals surface area contributed by atoms with Gasteiger partial charge in [0.1, 0.15) is 11.4 Å². The van der Waals surface area contributed by atoms with Crippen LogP contribution in [0.5, 0.6) is 0 Å². The van der Waals surface area contributed by atoms with Gasteiger partial charge in [0.05, 0.1) is 20.5 Å². The van der Waals surface area contributed by atoms with Crippen LogP contribution in [0, 0.1) is 10.1 Å². The van der Waals surface area contributed by atoms with Gasteiger partial charge in [0.15, 0.2) is 0 Å². The Balaban J connectivity index is 2.79. The van der Waals surface area contributed by atoms with Gasteiger partial charge in [-0.05, 0) is 18.6 Å². The minimum Gasteiger partial charge on any atom is -0.364 e. The normalized spacial score (nSPS) is 12.3. The molecule has 1 aromatic carbocycles. The number of nitrogens with one attached hydrogen (secondary N) is 1. The number of alkyl halides is 3. The highest BCUT2D eigenvalue weighted by molar-refractivity contribution is 6.38. The molecule has 0 saturated carbocycles. The molecule has 0 spiro atoms. The van der Waals surface area contributed by atoms with Gasteiger partial charge in [-0.1, -0.05) is 57.3 Å². The fraction of sp³-hybridized carbons (Fsp3) is 0.500. The molecule has 1 aromatic heterocycles. The van der Waals surface area contributed by atoms with Crippen LogP contribution in [-0.4, -0.2) is 21.2 Å². The van der Waals surface area contributed by atoms with E-state index < -0.39 is 22.1 Å². The highest BCUT2D eigenvalue weighted by atomic mass is 35.5. The van der Waals surface area contributed by atoms with Crippen LogP contribution in [0.4, 0.5) is 24.7 Å². The number of rotatable bonds is 6. The van der Waals surface area contributed by atoms with Crippen molar-refractivity contribution in [3.8, 4) is 5.69 Å². The van der Waals surface area contributed by atoms with E-state index in [1.165, 1.54) is 0 Å². The van der Waals surface area contributed by atoms with Crippen LogP contribution in [0.25, 0.3) is 5.69 Å². The second-order valence-electron chi connectivity index (χ2n) is 7.53. The van der Waals surface area contributed by atoms with Crippen molar-refractivity contribution >= 4 is 34.7 Å². The number of anilines is 1. The smallest absolute Gasteiger partial charge is 0.364 e. The van der Waals surface area contributed by atoms with Gasteiger partial charge in [-0.15, -0.1) is 0 Å². The Labute approximate surface area is 176 Å². The van der Waals surface area contributed by atoms with Crippen molar-refractivity contribution in [2.75, 3.05) is 11.9 Å². The molecule has 0 aliphatic carbocycles.